The molecule has 4 N–H and O–H groups in total. The van der Waals surface area contributed by atoms with Crippen LogP contribution in [0, 0.1) is 0 Å². The standard InChI is InChI=1S/C8H13N5O/c9-8(13-14)3-5-10-6-7-2-1-4-11-12-7/h1-2,4,10,14H,3,5-6H2,(H2,9,13). The molecule has 6 nitrogen and oxygen atoms in total. The zero-order valence-electron chi connectivity index (χ0n) is 7.72. The molecule has 0 fully saturated rings. The molecule has 14 heavy (non-hydrogen) atoms. The van der Waals surface area contributed by atoms with Crippen LogP contribution in [0.5, 0.6) is 0 Å². The summed E-state index contributed by atoms with van der Waals surface area (Å²) >= 11 is 0. The highest BCUT2D eigenvalue weighted by Gasteiger charge is 1.95. The molecule has 0 aromatic carbocycles. The summed E-state index contributed by atoms with van der Waals surface area (Å²) in [5.74, 6) is 0.219. The number of amidine groups is 1. The van der Waals surface area contributed by atoms with Crippen LogP contribution in [0.25, 0.3) is 0 Å². The number of hydrogen-bond donors (Lipinski definition) is 3. The van der Waals surface area contributed by atoms with Crippen molar-refractivity contribution in [1.82, 2.24) is 15.5 Å². The van der Waals surface area contributed by atoms with Crippen molar-refractivity contribution in [3.05, 3.63) is 24.0 Å². The largest absolute Gasteiger partial charge is 0.409 e. The van der Waals surface area contributed by atoms with E-state index in [1.165, 1.54) is 0 Å². The lowest BCUT2D eigenvalue weighted by Gasteiger charge is -2.02. The second-order valence-electron chi connectivity index (χ2n) is 2.73. The monoisotopic (exact) mass is 195 g/mol. The molecular formula is C8H13N5O. The first-order valence-electron chi connectivity index (χ1n) is 4.26. The fourth-order valence-electron chi connectivity index (χ4n) is 0.911. The highest BCUT2D eigenvalue weighted by Crippen LogP contribution is 1.89. The number of nitrogens with zero attached hydrogens (tertiary/aromatic N) is 3. The third kappa shape index (κ3) is 3.81. The molecule has 1 rings (SSSR count). The molecule has 6 heteroatoms. The van der Waals surface area contributed by atoms with Crippen LogP contribution in [0.1, 0.15) is 12.1 Å². The van der Waals surface area contributed by atoms with Crippen molar-refractivity contribution in [2.45, 2.75) is 13.0 Å². The summed E-state index contributed by atoms with van der Waals surface area (Å²) < 4.78 is 0. The van der Waals surface area contributed by atoms with Gasteiger partial charge in [-0.05, 0) is 12.1 Å². The van der Waals surface area contributed by atoms with E-state index in [4.69, 9.17) is 10.9 Å². The van der Waals surface area contributed by atoms with E-state index in [-0.39, 0.29) is 5.84 Å². The summed E-state index contributed by atoms with van der Waals surface area (Å²) in [6, 6.07) is 3.71. The molecule has 0 spiro atoms. The summed E-state index contributed by atoms with van der Waals surface area (Å²) in [5.41, 5.74) is 6.15. The first-order valence-corrected chi connectivity index (χ1v) is 4.26. The number of nitrogens with two attached hydrogens (primary N) is 1. The minimum absolute atomic E-state index is 0.219. The first kappa shape index (κ1) is 10.4. The van der Waals surface area contributed by atoms with Crippen LogP contribution < -0.4 is 11.1 Å². The molecule has 1 heterocycles. The number of hydrogen-bond acceptors (Lipinski definition) is 5. The van der Waals surface area contributed by atoms with Crippen molar-refractivity contribution in [2.24, 2.45) is 10.9 Å². The fourth-order valence-corrected chi connectivity index (χ4v) is 0.911. The first-order chi connectivity index (χ1) is 6.83. The Morgan fingerprint density at radius 2 is 2.50 bits per heavy atom. The van der Waals surface area contributed by atoms with Gasteiger partial charge in [-0.25, -0.2) is 0 Å². The van der Waals surface area contributed by atoms with Crippen LogP contribution in [0.3, 0.4) is 0 Å². The molecule has 0 aliphatic rings. The maximum absolute atomic E-state index is 8.26. The summed E-state index contributed by atoms with van der Waals surface area (Å²) in [7, 11) is 0. The van der Waals surface area contributed by atoms with E-state index < -0.39 is 0 Å². The maximum Gasteiger partial charge on any atom is 0.140 e. The van der Waals surface area contributed by atoms with Crippen molar-refractivity contribution in [3.8, 4) is 0 Å². The molecule has 0 atom stereocenters. The minimum Gasteiger partial charge on any atom is -0.409 e. The van der Waals surface area contributed by atoms with Gasteiger partial charge in [-0.2, -0.15) is 10.2 Å². The Hall–Kier alpha value is -1.69. The molecule has 76 valence electrons. The average Bonchev–Trinajstić information content (AvgIpc) is 2.25. The average molecular weight is 195 g/mol. The Labute approximate surface area is 81.8 Å². The molecule has 0 aliphatic heterocycles. The van der Waals surface area contributed by atoms with Gasteiger partial charge in [0.2, 0.25) is 0 Å². The quantitative estimate of drug-likeness (QED) is 0.197. The molecule has 0 bridgehead atoms. The zero-order chi connectivity index (χ0) is 10.2. The molecule has 0 aliphatic carbocycles. The molecule has 0 saturated heterocycles. The molecule has 0 amide bonds. The number of nitrogens with one attached hydrogen (secondary N) is 1. The molecule has 1 aromatic heterocycles. The topological polar surface area (TPSA) is 96.4 Å². The van der Waals surface area contributed by atoms with Gasteiger partial charge in [-0.15, -0.1) is 0 Å². The Morgan fingerprint density at radius 3 is 3.14 bits per heavy atom. The lowest BCUT2D eigenvalue weighted by atomic mass is 10.3. The van der Waals surface area contributed by atoms with Crippen LogP contribution in [-0.4, -0.2) is 27.8 Å². The summed E-state index contributed by atoms with van der Waals surface area (Å²) in [4.78, 5) is 0. The van der Waals surface area contributed by atoms with Gasteiger partial charge >= 0.3 is 0 Å². The highest BCUT2D eigenvalue weighted by atomic mass is 16.4. The molecular weight excluding hydrogens is 182 g/mol. The van der Waals surface area contributed by atoms with Crippen molar-refractivity contribution in [3.63, 3.8) is 0 Å². The Balaban J connectivity index is 2.17. The summed E-state index contributed by atoms with van der Waals surface area (Å²) in [6.45, 7) is 1.28. The number of oxime groups is 1. The van der Waals surface area contributed by atoms with Gasteiger partial charge in [0.1, 0.15) is 5.84 Å². The molecule has 0 saturated carbocycles. The Bertz CT molecular complexity index is 287. The second kappa shape index (κ2) is 5.87. The van der Waals surface area contributed by atoms with Crippen LogP contribution in [0.4, 0.5) is 0 Å². The fraction of sp³-hybridized carbons (Fsp3) is 0.375. The van der Waals surface area contributed by atoms with Gasteiger partial charge in [0.05, 0.1) is 5.69 Å². The second-order valence-corrected chi connectivity index (χ2v) is 2.73. The van der Waals surface area contributed by atoms with Crippen molar-refractivity contribution < 1.29 is 5.21 Å². The van der Waals surface area contributed by atoms with Crippen LogP contribution in [-0.2, 0) is 6.54 Å². The maximum atomic E-state index is 8.26. The third-order valence-corrected chi connectivity index (χ3v) is 1.62. The third-order valence-electron chi connectivity index (χ3n) is 1.62. The predicted octanol–water partition coefficient (Wildman–Crippen LogP) is -0.297. The van der Waals surface area contributed by atoms with E-state index in [1.54, 1.807) is 6.20 Å². The van der Waals surface area contributed by atoms with Crippen molar-refractivity contribution in [2.75, 3.05) is 6.54 Å². The van der Waals surface area contributed by atoms with E-state index in [0.29, 0.717) is 19.5 Å². The van der Waals surface area contributed by atoms with Crippen LogP contribution in [0.2, 0.25) is 0 Å². The highest BCUT2D eigenvalue weighted by molar-refractivity contribution is 5.79. The smallest absolute Gasteiger partial charge is 0.140 e. The minimum atomic E-state index is 0.219. The van der Waals surface area contributed by atoms with E-state index in [0.717, 1.165) is 5.69 Å². The number of rotatable bonds is 5. The van der Waals surface area contributed by atoms with Crippen molar-refractivity contribution in [1.29, 1.82) is 0 Å². The van der Waals surface area contributed by atoms with E-state index >= 15 is 0 Å². The van der Waals surface area contributed by atoms with E-state index in [9.17, 15) is 0 Å². The molecule has 0 radical (unpaired) electrons. The summed E-state index contributed by atoms with van der Waals surface area (Å²) in [6.07, 6.45) is 2.14. The van der Waals surface area contributed by atoms with Gasteiger partial charge < -0.3 is 16.3 Å². The van der Waals surface area contributed by atoms with E-state index in [2.05, 4.69) is 20.7 Å². The summed E-state index contributed by atoms with van der Waals surface area (Å²) in [5, 5.41) is 21.8. The van der Waals surface area contributed by atoms with Crippen molar-refractivity contribution >= 4 is 5.84 Å². The lowest BCUT2D eigenvalue weighted by molar-refractivity contribution is 0.316. The van der Waals surface area contributed by atoms with Gasteiger partial charge in [-0.3, -0.25) is 0 Å². The van der Waals surface area contributed by atoms with Gasteiger partial charge in [0.15, 0.2) is 0 Å². The Kier molecular flexibility index (Phi) is 4.36. The van der Waals surface area contributed by atoms with Gasteiger partial charge in [-0.1, -0.05) is 5.16 Å². The van der Waals surface area contributed by atoms with Gasteiger partial charge in [0, 0.05) is 25.7 Å². The molecule has 0 unspecified atom stereocenters. The lowest BCUT2D eigenvalue weighted by Crippen LogP contribution is -2.22. The van der Waals surface area contributed by atoms with Crippen LogP contribution >= 0.6 is 0 Å². The van der Waals surface area contributed by atoms with E-state index in [1.807, 2.05) is 12.1 Å². The Morgan fingerprint density at radius 1 is 1.64 bits per heavy atom. The zero-order valence-corrected chi connectivity index (χ0v) is 7.72. The predicted molar refractivity (Wildman–Crippen MR) is 51.8 cm³/mol. The SMILES string of the molecule is N/C(CCNCc1cccnn1)=N/O. The normalized spacial score (nSPS) is 11.6. The number of aromatic nitrogens is 2. The van der Waals surface area contributed by atoms with Crippen LogP contribution in [0.15, 0.2) is 23.5 Å². The molecule has 1 aromatic rings. The van der Waals surface area contributed by atoms with Gasteiger partial charge in [0.25, 0.3) is 0 Å².